The molecule has 0 fully saturated rings. The van der Waals surface area contributed by atoms with E-state index in [-0.39, 0.29) is 0 Å². The minimum absolute atomic E-state index is 0.821. The van der Waals surface area contributed by atoms with Crippen molar-refractivity contribution >= 4 is 21.4 Å². The Balaban J connectivity index is 2.99. The zero-order valence-electron chi connectivity index (χ0n) is 7.59. The normalized spacial score (nSPS) is 10.2. The van der Waals surface area contributed by atoms with Gasteiger partial charge in [-0.2, -0.15) is 5.26 Å². The molecule has 1 nitrogen and oxygen atoms in total. The summed E-state index contributed by atoms with van der Waals surface area (Å²) >= 11 is 1.70. The lowest BCUT2D eigenvalue weighted by molar-refractivity contribution is 1.39. The highest BCUT2D eigenvalue weighted by Crippen LogP contribution is 2.29. The van der Waals surface area contributed by atoms with Crippen LogP contribution >= 0.6 is 11.3 Å². The lowest BCUT2D eigenvalue weighted by atomic mass is 10.0. The van der Waals surface area contributed by atoms with Gasteiger partial charge < -0.3 is 0 Å². The van der Waals surface area contributed by atoms with Gasteiger partial charge in [-0.15, -0.1) is 11.3 Å². The number of hydrogen-bond donors (Lipinski definition) is 0. The lowest BCUT2D eigenvalue weighted by Gasteiger charge is -2.01. The fourth-order valence-electron chi connectivity index (χ4n) is 1.63. The SMILES string of the molecule is Cc1cc(C)c2sccc2c1C#N. The molecule has 0 spiro atoms. The van der Waals surface area contributed by atoms with Crippen LogP contribution in [0.15, 0.2) is 17.5 Å². The quantitative estimate of drug-likeness (QED) is 0.620. The smallest absolute Gasteiger partial charge is 0.100 e. The van der Waals surface area contributed by atoms with Crippen molar-refractivity contribution in [2.45, 2.75) is 13.8 Å². The Morgan fingerprint density at radius 2 is 2.08 bits per heavy atom. The molecule has 0 saturated carbocycles. The van der Waals surface area contributed by atoms with Crippen molar-refractivity contribution < 1.29 is 0 Å². The molecule has 0 unspecified atom stereocenters. The molecule has 0 saturated heterocycles. The first-order chi connectivity index (χ1) is 6.24. The second kappa shape index (κ2) is 2.86. The van der Waals surface area contributed by atoms with Gasteiger partial charge in [0.25, 0.3) is 0 Å². The third-order valence-corrected chi connectivity index (χ3v) is 3.28. The van der Waals surface area contributed by atoms with Crippen LogP contribution in [0.3, 0.4) is 0 Å². The van der Waals surface area contributed by atoms with Gasteiger partial charge in [-0.25, -0.2) is 0 Å². The summed E-state index contributed by atoms with van der Waals surface area (Å²) < 4.78 is 1.24. The molecule has 2 aromatic rings. The summed E-state index contributed by atoms with van der Waals surface area (Å²) in [6.07, 6.45) is 0. The number of rotatable bonds is 0. The van der Waals surface area contributed by atoms with Crippen LogP contribution in [-0.4, -0.2) is 0 Å². The van der Waals surface area contributed by atoms with Crippen molar-refractivity contribution in [2.75, 3.05) is 0 Å². The first kappa shape index (κ1) is 8.28. The van der Waals surface area contributed by atoms with Gasteiger partial charge in [0, 0.05) is 10.1 Å². The van der Waals surface area contributed by atoms with Crippen molar-refractivity contribution in [3.05, 3.63) is 34.2 Å². The van der Waals surface area contributed by atoms with Crippen molar-refractivity contribution in [3.8, 4) is 6.07 Å². The van der Waals surface area contributed by atoms with Crippen LogP contribution in [0.5, 0.6) is 0 Å². The molecule has 0 aliphatic carbocycles. The first-order valence-corrected chi connectivity index (χ1v) is 4.99. The fourth-order valence-corrected chi connectivity index (χ4v) is 2.52. The van der Waals surface area contributed by atoms with E-state index in [2.05, 4.69) is 19.1 Å². The van der Waals surface area contributed by atoms with Gasteiger partial charge in [0.15, 0.2) is 0 Å². The molecule has 1 heterocycles. The molecule has 64 valence electrons. The molecular weight excluding hydrogens is 178 g/mol. The van der Waals surface area contributed by atoms with Crippen LogP contribution < -0.4 is 0 Å². The van der Waals surface area contributed by atoms with E-state index < -0.39 is 0 Å². The summed E-state index contributed by atoms with van der Waals surface area (Å²) in [5, 5.41) is 12.1. The van der Waals surface area contributed by atoms with Crippen molar-refractivity contribution in [1.82, 2.24) is 0 Å². The summed E-state index contributed by atoms with van der Waals surface area (Å²) in [5.74, 6) is 0. The Kier molecular flexibility index (Phi) is 1.82. The lowest BCUT2D eigenvalue weighted by Crippen LogP contribution is -1.84. The highest BCUT2D eigenvalue weighted by Gasteiger charge is 2.07. The van der Waals surface area contributed by atoms with E-state index in [1.54, 1.807) is 11.3 Å². The van der Waals surface area contributed by atoms with Crippen LogP contribution in [0, 0.1) is 25.2 Å². The van der Waals surface area contributed by atoms with E-state index in [0.717, 1.165) is 16.5 Å². The summed E-state index contributed by atoms with van der Waals surface area (Å²) in [6.45, 7) is 4.08. The number of benzene rings is 1. The van der Waals surface area contributed by atoms with Crippen LogP contribution in [0.25, 0.3) is 10.1 Å². The number of nitriles is 1. The van der Waals surface area contributed by atoms with Crippen LogP contribution in [0.2, 0.25) is 0 Å². The summed E-state index contributed by atoms with van der Waals surface area (Å²) in [7, 11) is 0. The Hall–Kier alpha value is -1.33. The monoisotopic (exact) mass is 187 g/mol. The molecule has 2 heteroatoms. The number of nitrogens with zero attached hydrogens (tertiary/aromatic N) is 1. The number of thiophene rings is 1. The maximum absolute atomic E-state index is 8.98. The molecule has 0 atom stereocenters. The predicted octanol–water partition coefficient (Wildman–Crippen LogP) is 3.39. The Bertz CT molecular complexity index is 503. The zero-order chi connectivity index (χ0) is 9.42. The number of aryl methyl sites for hydroxylation is 2. The molecule has 13 heavy (non-hydrogen) atoms. The molecule has 2 rings (SSSR count). The Morgan fingerprint density at radius 3 is 2.77 bits per heavy atom. The van der Waals surface area contributed by atoms with E-state index >= 15 is 0 Å². The van der Waals surface area contributed by atoms with Crippen molar-refractivity contribution in [3.63, 3.8) is 0 Å². The summed E-state index contributed by atoms with van der Waals surface area (Å²) in [5.41, 5.74) is 3.16. The maximum atomic E-state index is 8.98. The van der Waals surface area contributed by atoms with E-state index in [1.165, 1.54) is 10.3 Å². The van der Waals surface area contributed by atoms with Gasteiger partial charge >= 0.3 is 0 Å². The highest BCUT2D eigenvalue weighted by molar-refractivity contribution is 7.17. The molecular formula is C11H9NS. The third kappa shape index (κ3) is 1.13. The van der Waals surface area contributed by atoms with Crippen molar-refractivity contribution in [1.29, 1.82) is 5.26 Å². The molecule has 0 bridgehead atoms. The minimum Gasteiger partial charge on any atom is -0.192 e. The summed E-state index contributed by atoms with van der Waals surface area (Å²) in [4.78, 5) is 0. The summed E-state index contributed by atoms with van der Waals surface area (Å²) in [6, 6.07) is 6.37. The van der Waals surface area contributed by atoms with E-state index in [9.17, 15) is 0 Å². The van der Waals surface area contributed by atoms with E-state index in [1.807, 2.05) is 18.4 Å². The standard InChI is InChI=1S/C11H9NS/c1-7-5-8(2)11-9(3-4-13-11)10(7)6-12/h3-5H,1-2H3. The second-order valence-corrected chi connectivity index (χ2v) is 4.08. The third-order valence-electron chi connectivity index (χ3n) is 2.23. The fraction of sp³-hybridized carbons (Fsp3) is 0.182. The van der Waals surface area contributed by atoms with E-state index in [0.29, 0.717) is 0 Å². The number of hydrogen-bond acceptors (Lipinski definition) is 2. The van der Waals surface area contributed by atoms with Gasteiger partial charge in [-0.3, -0.25) is 0 Å². The van der Waals surface area contributed by atoms with Gasteiger partial charge in [-0.1, -0.05) is 6.07 Å². The number of fused-ring (bicyclic) bond motifs is 1. The molecule has 0 N–H and O–H groups in total. The minimum atomic E-state index is 0.821. The van der Waals surface area contributed by atoms with Gasteiger partial charge in [0.2, 0.25) is 0 Å². The van der Waals surface area contributed by atoms with Gasteiger partial charge in [0.1, 0.15) is 6.07 Å². The largest absolute Gasteiger partial charge is 0.192 e. The topological polar surface area (TPSA) is 23.8 Å². The molecule has 0 aliphatic rings. The Labute approximate surface area is 81.2 Å². The molecule has 0 amide bonds. The average molecular weight is 187 g/mol. The van der Waals surface area contributed by atoms with Crippen molar-refractivity contribution in [2.24, 2.45) is 0 Å². The predicted molar refractivity (Wildman–Crippen MR) is 56.0 cm³/mol. The highest BCUT2D eigenvalue weighted by atomic mass is 32.1. The van der Waals surface area contributed by atoms with Crippen LogP contribution in [0.4, 0.5) is 0 Å². The molecule has 1 aromatic heterocycles. The molecule has 0 aliphatic heterocycles. The average Bonchev–Trinajstić information content (AvgIpc) is 2.53. The second-order valence-electron chi connectivity index (χ2n) is 3.16. The first-order valence-electron chi connectivity index (χ1n) is 4.11. The molecule has 1 aromatic carbocycles. The van der Waals surface area contributed by atoms with Gasteiger partial charge in [0.05, 0.1) is 5.56 Å². The molecule has 0 radical (unpaired) electrons. The van der Waals surface area contributed by atoms with Crippen LogP contribution in [-0.2, 0) is 0 Å². The zero-order valence-corrected chi connectivity index (χ0v) is 8.40. The van der Waals surface area contributed by atoms with Gasteiger partial charge in [-0.05, 0) is 36.4 Å². The van der Waals surface area contributed by atoms with E-state index in [4.69, 9.17) is 5.26 Å². The Morgan fingerprint density at radius 1 is 1.31 bits per heavy atom. The van der Waals surface area contributed by atoms with Crippen LogP contribution in [0.1, 0.15) is 16.7 Å². The maximum Gasteiger partial charge on any atom is 0.100 e.